The second-order valence-corrected chi connectivity index (χ2v) is 4.46. The zero-order valence-electron chi connectivity index (χ0n) is 11.0. The predicted octanol–water partition coefficient (Wildman–Crippen LogP) is 2.20. The number of aryl methyl sites for hydroxylation is 1. The quantitative estimate of drug-likeness (QED) is 0.894. The zero-order valence-corrected chi connectivity index (χ0v) is 11.0. The molecule has 3 rings (SSSR count). The Bertz CT molecular complexity index is 657. The van der Waals surface area contributed by atoms with Gasteiger partial charge in [0.1, 0.15) is 17.9 Å². The highest BCUT2D eigenvalue weighted by Gasteiger charge is 2.15. The molecule has 102 valence electrons. The molecule has 6 heteroatoms. The van der Waals surface area contributed by atoms with E-state index in [4.69, 9.17) is 4.74 Å². The molecule has 0 radical (unpaired) electrons. The highest BCUT2D eigenvalue weighted by atomic mass is 16.5. The Morgan fingerprint density at radius 1 is 1.25 bits per heavy atom. The molecule has 0 saturated carbocycles. The van der Waals surface area contributed by atoms with Crippen LogP contribution in [0.2, 0.25) is 0 Å². The van der Waals surface area contributed by atoms with Crippen molar-refractivity contribution in [1.29, 1.82) is 0 Å². The number of rotatable bonds is 3. The van der Waals surface area contributed by atoms with Crippen LogP contribution in [0.15, 0.2) is 30.6 Å². The number of benzene rings is 1. The fraction of sp³-hybridized carbons (Fsp3) is 0.214. The van der Waals surface area contributed by atoms with Crippen molar-refractivity contribution in [3.8, 4) is 11.6 Å². The first-order valence-electron chi connectivity index (χ1n) is 6.35. The summed E-state index contributed by atoms with van der Waals surface area (Å²) in [4.78, 5) is 19.4. The van der Waals surface area contributed by atoms with Crippen LogP contribution in [0.3, 0.4) is 0 Å². The number of fused-ring (bicyclic) bond motifs is 1. The van der Waals surface area contributed by atoms with Crippen molar-refractivity contribution in [3.05, 3.63) is 36.2 Å². The molecule has 20 heavy (non-hydrogen) atoms. The molecule has 1 aromatic carbocycles. The van der Waals surface area contributed by atoms with Crippen LogP contribution in [0.4, 0.5) is 11.5 Å². The van der Waals surface area contributed by atoms with E-state index in [0.29, 0.717) is 23.9 Å². The first kappa shape index (κ1) is 12.4. The molecule has 1 aliphatic heterocycles. The van der Waals surface area contributed by atoms with Crippen LogP contribution in [-0.4, -0.2) is 22.9 Å². The van der Waals surface area contributed by atoms with Crippen LogP contribution in [0.1, 0.15) is 12.0 Å². The number of hydrogen-bond acceptors (Lipinski definition) is 5. The van der Waals surface area contributed by atoms with E-state index in [0.717, 1.165) is 17.7 Å². The molecule has 0 atom stereocenters. The van der Waals surface area contributed by atoms with Gasteiger partial charge in [0, 0.05) is 25.2 Å². The van der Waals surface area contributed by atoms with Gasteiger partial charge in [0.25, 0.3) is 0 Å². The number of aromatic nitrogens is 2. The standard InChI is InChI=1S/C14H14N4O2/c1-15-12-7-14(17-8-16-12)20-10-3-4-11-9(6-10)2-5-13(19)18-11/h3-4,6-8H,2,5H2,1H3,(H,18,19)(H,15,16,17). The number of anilines is 2. The van der Waals surface area contributed by atoms with Crippen molar-refractivity contribution in [2.45, 2.75) is 12.8 Å². The molecular formula is C14H14N4O2. The summed E-state index contributed by atoms with van der Waals surface area (Å²) in [7, 11) is 1.79. The Kier molecular flexibility index (Phi) is 3.20. The van der Waals surface area contributed by atoms with Gasteiger partial charge in [-0.25, -0.2) is 9.97 Å². The van der Waals surface area contributed by atoms with Gasteiger partial charge in [0.15, 0.2) is 0 Å². The van der Waals surface area contributed by atoms with Gasteiger partial charge in [-0.2, -0.15) is 0 Å². The summed E-state index contributed by atoms with van der Waals surface area (Å²) >= 11 is 0. The molecule has 0 unspecified atom stereocenters. The summed E-state index contributed by atoms with van der Waals surface area (Å²) < 4.78 is 5.71. The van der Waals surface area contributed by atoms with Crippen LogP contribution in [0.25, 0.3) is 0 Å². The van der Waals surface area contributed by atoms with E-state index >= 15 is 0 Å². The Labute approximate surface area is 116 Å². The summed E-state index contributed by atoms with van der Waals surface area (Å²) in [6.45, 7) is 0. The fourth-order valence-corrected chi connectivity index (χ4v) is 2.08. The molecule has 0 bridgehead atoms. The lowest BCUT2D eigenvalue weighted by Gasteiger charge is -2.17. The number of nitrogens with zero attached hydrogens (tertiary/aromatic N) is 2. The van der Waals surface area contributed by atoms with Crippen LogP contribution in [-0.2, 0) is 11.2 Å². The molecule has 2 aromatic rings. The van der Waals surface area contributed by atoms with Crippen molar-refractivity contribution < 1.29 is 9.53 Å². The van der Waals surface area contributed by atoms with Crippen LogP contribution < -0.4 is 15.4 Å². The first-order chi connectivity index (χ1) is 9.74. The lowest BCUT2D eigenvalue weighted by atomic mass is 10.0. The molecule has 1 amide bonds. The van der Waals surface area contributed by atoms with Gasteiger partial charge in [-0.1, -0.05) is 0 Å². The Balaban J connectivity index is 1.82. The Morgan fingerprint density at radius 2 is 2.15 bits per heavy atom. The Morgan fingerprint density at radius 3 is 3.00 bits per heavy atom. The summed E-state index contributed by atoms with van der Waals surface area (Å²) in [5, 5.41) is 5.77. The molecule has 1 aromatic heterocycles. The van der Waals surface area contributed by atoms with E-state index in [2.05, 4.69) is 20.6 Å². The van der Waals surface area contributed by atoms with Gasteiger partial charge in [-0.05, 0) is 30.2 Å². The van der Waals surface area contributed by atoms with Crippen molar-refractivity contribution >= 4 is 17.4 Å². The number of carbonyl (C=O) groups excluding carboxylic acids is 1. The second kappa shape index (κ2) is 5.16. The smallest absolute Gasteiger partial charge is 0.224 e. The molecule has 2 heterocycles. The third-order valence-electron chi connectivity index (χ3n) is 3.09. The molecule has 0 spiro atoms. The summed E-state index contributed by atoms with van der Waals surface area (Å²) in [6, 6.07) is 7.31. The highest BCUT2D eigenvalue weighted by molar-refractivity contribution is 5.94. The maximum Gasteiger partial charge on any atom is 0.224 e. The average molecular weight is 270 g/mol. The van der Waals surface area contributed by atoms with E-state index in [1.54, 1.807) is 13.1 Å². The van der Waals surface area contributed by atoms with Gasteiger partial charge in [-0.3, -0.25) is 4.79 Å². The van der Waals surface area contributed by atoms with Gasteiger partial charge in [-0.15, -0.1) is 0 Å². The van der Waals surface area contributed by atoms with E-state index in [1.165, 1.54) is 6.33 Å². The van der Waals surface area contributed by atoms with Crippen LogP contribution in [0.5, 0.6) is 11.6 Å². The van der Waals surface area contributed by atoms with Gasteiger partial charge in [0.05, 0.1) is 0 Å². The summed E-state index contributed by atoms with van der Waals surface area (Å²) in [6.07, 6.45) is 2.68. The number of carbonyl (C=O) groups is 1. The van der Waals surface area contributed by atoms with Crippen molar-refractivity contribution in [3.63, 3.8) is 0 Å². The van der Waals surface area contributed by atoms with E-state index in [1.807, 2.05) is 18.2 Å². The predicted molar refractivity (Wildman–Crippen MR) is 75.0 cm³/mol. The van der Waals surface area contributed by atoms with E-state index in [9.17, 15) is 4.79 Å². The highest BCUT2D eigenvalue weighted by Crippen LogP contribution is 2.29. The van der Waals surface area contributed by atoms with Crippen molar-refractivity contribution in [2.75, 3.05) is 17.7 Å². The maximum atomic E-state index is 11.3. The monoisotopic (exact) mass is 270 g/mol. The summed E-state index contributed by atoms with van der Waals surface area (Å²) in [5.41, 5.74) is 1.93. The lowest BCUT2D eigenvalue weighted by Crippen LogP contribution is -2.18. The number of amides is 1. The normalized spacial score (nSPS) is 13.3. The third kappa shape index (κ3) is 2.54. The molecule has 0 fully saturated rings. The first-order valence-corrected chi connectivity index (χ1v) is 6.35. The SMILES string of the molecule is CNc1cc(Oc2ccc3c(c2)CCC(=O)N3)ncn1. The second-order valence-electron chi connectivity index (χ2n) is 4.46. The van der Waals surface area contributed by atoms with Gasteiger partial charge >= 0.3 is 0 Å². The van der Waals surface area contributed by atoms with Gasteiger partial charge < -0.3 is 15.4 Å². The largest absolute Gasteiger partial charge is 0.439 e. The number of ether oxygens (including phenoxy) is 1. The minimum atomic E-state index is 0.0561. The minimum Gasteiger partial charge on any atom is -0.439 e. The Hall–Kier alpha value is -2.63. The molecule has 0 saturated heterocycles. The fourth-order valence-electron chi connectivity index (χ4n) is 2.08. The molecule has 0 aliphatic carbocycles. The van der Waals surface area contributed by atoms with E-state index < -0.39 is 0 Å². The lowest BCUT2D eigenvalue weighted by molar-refractivity contribution is -0.116. The molecular weight excluding hydrogens is 256 g/mol. The number of nitrogens with one attached hydrogen (secondary N) is 2. The maximum absolute atomic E-state index is 11.3. The van der Waals surface area contributed by atoms with Crippen molar-refractivity contribution in [2.24, 2.45) is 0 Å². The molecule has 1 aliphatic rings. The third-order valence-corrected chi connectivity index (χ3v) is 3.09. The summed E-state index contributed by atoms with van der Waals surface area (Å²) in [5.74, 6) is 1.92. The zero-order chi connectivity index (χ0) is 13.9. The van der Waals surface area contributed by atoms with Crippen LogP contribution >= 0.6 is 0 Å². The topological polar surface area (TPSA) is 76.1 Å². The van der Waals surface area contributed by atoms with E-state index in [-0.39, 0.29) is 5.91 Å². The average Bonchev–Trinajstić information content (AvgIpc) is 2.47. The van der Waals surface area contributed by atoms with Crippen molar-refractivity contribution in [1.82, 2.24) is 9.97 Å². The number of hydrogen-bond donors (Lipinski definition) is 2. The minimum absolute atomic E-state index is 0.0561. The molecule has 2 N–H and O–H groups in total. The van der Waals surface area contributed by atoms with Gasteiger partial charge in [0.2, 0.25) is 11.8 Å². The molecule has 6 nitrogen and oxygen atoms in total. The van der Waals surface area contributed by atoms with Crippen LogP contribution in [0, 0.1) is 0 Å².